The van der Waals surface area contributed by atoms with E-state index in [1.807, 2.05) is 0 Å². The Balaban J connectivity index is 1.69. The number of hydrogen-bond donors (Lipinski definition) is 2. The van der Waals surface area contributed by atoms with Crippen molar-refractivity contribution in [2.24, 2.45) is 0 Å². The van der Waals surface area contributed by atoms with Gasteiger partial charge in [0.2, 0.25) is 0 Å². The first-order valence-electron chi connectivity index (χ1n) is 8.17. The minimum absolute atomic E-state index is 0.0528. The average Bonchev–Trinajstić information content (AvgIpc) is 2.97. The maximum absolute atomic E-state index is 10.5. The highest BCUT2D eigenvalue weighted by Crippen LogP contribution is 2.27. The molecule has 1 aliphatic carbocycles. The fourth-order valence-corrected chi connectivity index (χ4v) is 4.01. The van der Waals surface area contributed by atoms with E-state index < -0.39 is 12.2 Å². The summed E-state index contributed by atoms with van der Waals surface area (Å²) in [6.45, 7) is 5.03. The lowest BCUT2D eigenvalue weighted by atomic mass is 10.0. The van der Waals surface area contributed by atoms with Gasteiger partial charge in [-0.05, 0) is 19.3 Å². The van der Waals surface area contributed by atoms with Gasteiger partial charge >= 0.3 is 0 Å². The number of likely N-dealkylation sites (tertiary alicyclic amines) is 1. The van der Waals surface area contributed by atoms with Gasteiger partial charge in [-0.15, -0.1) is 0 Å². The second kappa shape index (κ2) is 6.71. The van der Waals surface area contributed by atoms with Gasteiger partial charge in [0.05, 0.1) is 31.5 Å². The predicted octanol–water partition coefficient (Wildman–Crippen LogP) is 0.0573. The lowest BCUT2D eigenvalue weighted by Gasteiger charge is -2.39. The van der Waals surface area contributed by atoms with Crippen LogP contribution in [0.3, 0.4) is 0 Å². The highest BCUT2D eigenvalue weighted by Gasteiger charge is 2.38. The van der Waals surface area contributed by atoms with Gasteiger partial charge in [-0.25, -0.2) is 0 Å². The minimum atomic E-state index is -0.625. The number of aliphatic hydroxyl groups is 2. The molecule has 5 heteroatoms. The highest BCUT2D eigenvalue weighted by atomic mass is 16.5. The molecule has 0 aromatic heterocycles. The first-order chi connectivity index (χ1) is 9.75. The molecule has 2 aliphatic heterocycles. The molecule has 0 amide bonds. The van der Waals surface area contributed by atoms with Crippen molar-refractivity contribution in [1.82, 2.24) is 9.80 Å². The monoisotopic (exact) mass is 284 g/mol. The molecule has 5 nitrogen and oxygen atoms in total. The molecule has 20 heavy (non-hydrogen) atoms. The van der Waals surface area contributed by atoms with E-state index >= 15 is 0 Å². The second-order valence-corrected chi connectivity index (χ2v) is 6.50. The molecule has 2 saturated heterocycles. The Kier molecular flexibility index (Phi) is 4.94. The summed E-state index contributed by atoms with van der Waals surface area (Å²) >= 11 is 0. The standard InChI is InChI=1S/C15H28N2O3/c18-14-5-6-17(12-3-1-2-4-12)11-13(15(14)19)16-7-9-20-10-8-16/h12-15,18-19H,1-11H2/t13-,14-,15+/m1/s1. The zero-order valence-electron chi connectivity index (χ0n) is 12.3. The number of aliphatic hydroxyl groups excluding tert-OH is 2. The van der Waals surface area contributed by atoms with Gasteiger partial charge in [0.15, 0.2) is 0 Å². The van der Waals surface area contributed by atoms with Gasteiger partial charge in [0, 0.05) is 32.2 Å². The number of hydrogen-bond acceptors (Lipinski definition) is 5. The smallest absolute Gasteiger partial charge is 0.0966 e. The predicted molar refractivity (Wildman–Crippen MR) is 76.6 cm³/mol. The van der Waals surface area contributed by atoms with Gasteiger partial charge in [0.1, 0.15) is 0 Å². The van der Waals surface area contributed by atoms with Crippen molar-refractivity contribution >= 4 is 0 Å². The quantitative estimate of drug-likeness (QED) is 0.751. The summed E-state index contributed by atoms with van der Waals surface area (Å²) in [4.78, 5) is 4.83. The summed E-state index contributed by atoms with van der Waals surface area (Å²) < 4.78 is 5.41. The Morgan fingerprint density at radius 1 is 0.850 bits per heavy atom. The second-order valence-electron chi connectivity index (χ2n) is 6.50. The van der Waals surface area contributed by atoms with Crippen molar-refractivity contribution in [2.45, 2.75) is 56.4 Å². The molecule has 2 heterocycles. The highest BCUT2D eigenvalue weighted by molar-refractivity contribution is 4.93. The molecule has 1 saturated carbocycles. The van der Waals surface area contributed by atoms with Crippen LogP contribution in [0.15, 0.2) is 0 Å². The van der Waals surface area contributed by atoms with E-state index in [0.717, 1.165) is 39.4 Å². The molecule has 0 unspecified atom stereocenters. The van der Waals surface area contributed by atoms with Gasteiger partial charge < -0.3 is 14.9 Å². The first kappa shape index (κ1) is 14.7. The van der Waals surface area contributed by atoms with Crippen LogP contribution < -0.4 is 0 Å². The van der Waals surface area contributed by atoms with Crippen LogP contribution in [0.4, 0.5) is 0 Å². The largest absolute Gasteiger partial charge is 0.390 e. The van der Waals surface area contributed by atoms with Crippen molar-refractivity contribution in [3.05, 3.63) is 0 Å². The molecule has 0 radical (unpaired) electrons. The van der Waals surface area contributed by atoms with Crippen LogP contribution in [0.25, 0.3) is 0 Å². The van der Waals surface area contributed by atoms with Crippen LogP contribution in [0.1, 0.15) is 32.1 Å². The SMILES string of the molecule is O[C@@H]1[C@H](O)CCN(C2CCCC2)C[C@H]1N1CCOCC1. The average molecular weight is 284 g/mol. The van der Waals surface area contributed by atoms with Crippen LogP contribution in [0, 0.1) is 0 Å². The van der Waals surface area contributed by atoms with Crippen molar-refractivity contribution in [3.63, 3.8) is 0 Å². The van der Waals surface area contributed by atoms with Gasteiger partial charge in [0.25, 0.3) is 0 Å². The summed E-state index contributed by atoms with van der Waals surface area (Å²) in [6.07, 6.45) is 4.69. The molecule has 0 aromatic carbocycles. The molecule has 3 aliphatic rings. The Labute approximate surface area is 121 Å². The Hall–Kier alpha value is -0.200. The maximum Gasteiger partial charge on any atom is 0.0966 e. The summed E-state index contributed by atoms with van der Waals surface area (Å²) in [6, 6.07) is 0.716. The molecule has 116 valence electrons. The fourth-order valence-electron chi connectivity index (χ4n) is 4.01. The number of ether oxygens (including phenoxy) is 1. The number of morpholine rings is 1. The van der Waals surface area contributed by atoms with E-state index in [-0.39, 0.29) is 6.04 Å². The van der Waals surface area contributed by atoms with E-state index in [1.165, 1.54) is 25.7 Å². The minimum Gasteiger partial charge on any atom is -0.390 e. The van der Waals surface area contributed by atoms with E-state index in [2.05, 4.69) is 9.80 Å². The molecule has 0 bridgehead atoms. The third-order valence-electron chi connectivity index (χ3n) is 5.28. The summed E-state index contributed by atoms with van der Waals surface area (Å²) in [5.41, 5.74) is 0. The van der Waals surface area contributed by atoms with E-state index in [9.17, 15) is 10.2 Å². The van der Waals surface area contributed by atoms with Crippen LogP contribution in [0.5, 0.6) is 0 Å². The van der Waals surface area contributed by atoms with Gasteiger partial charge in [-0.2, -0.15) is 0 Å². The molecule has 0 aromatic rings. The summed E-state index contributed by atoms with van der Waals surface area (Å²) in [5, 5.41) is 20.7. The van der Waals surface area contributed by atoms with Crippen LogP contribution in [-0.4, -0.2) is 83.7 Å². The topological polar surface area (TPSA) is 56.2 Å². The van der Waals surface area contributed by atoms with Crippen molar-refractivity contribution in [2.75, 3.05) is 39.4 Å². The van der Waals surface area contributed by atoms with Crippen molar-refractivity contribution < 1.29 is 14.9 Å². The van der Waals surface area contributed by atoms with Gasteiger partial charge in [-0.3, -0.25) is 9.80 Å². The zero-order chi connectivity index (χ0) is 13.9. The third-order valence-corrected chi connectivity index (χ3v) is 5.28. The van der Waals surface area contributed by atoms with E-state index in [4.69, 9.17) is 4.74 Å². The zero-order valence-corrected chi connectivity index (χ0v) is 12.3. The fraction of sp³-hybridized carbons (Fsp3) is 1.00. The van der Waals surface area contributed by atoms with E-state index in [1.54, 1.807) is 0 Å². The molecule has 2 N–H and O–H groups in total. The van der Waals surface area contributed by atoms with Crippen LogP contribution >= 0.6 is 0 Å². The van der Waals surface area contributed by atoms with E-state index in [0.29, 0.717) is 12.5 Å². The summed E-state index contributed by atoms with van der Waals surface area (Å²) in [7, 11) is 0. The molecule has 3 atom stereocenters. The normalized spacial score (nSPS) is 39.0. The number of nitrogens with zero attached hydrogens (tertiary/aromatic N) is 2. The Morgan fingerprint density at radius 2 is 1.55 bits per heavy atom. The third kappa shape index (κ3) is 3.17. The lowest BCUT2D eigenvalue weighted by molar-refractivity contribution is -0.0626. The first-order valence-corrected chi connectivity index (χ1v) is 8.17. The van der Waals surface area contributed by atoms with Gasteiger partial charge in [-0.1, -0.05) is 12.8 Å². The lowest BCUT2D eigenvalue weighted by Crippen LogP contribution is -2.55. The van der Waals surface area contributed by atoms with Crippen LogP contribution in [0.2, 0.25) is 0 Å². The molecule has 0 spiro atoms. The molecule has 3 fully saturated rings. The molecular formula is C15H28N2O3. The maximum atomic E-state index is 10.5. The van der Waals surface area contributed by atoms with Crippen molar-refractivity contribution in [3.8, 4) is 0 Å². The summed E-state index contributed by atoms with van der Waals surface area (Å²) in [5.74, 6) is 0. The molecular weight excluding hydrogens is 256 g/mol. The molecule has 3 rings (SSSR count). The van der Waals surface area contributed by atoms with Crippen molar-refractivity contribution in [1.29, 1.82) is 0 Å². The number of rotatable bonds is 2. The Bertz CT molecular complexity index is 303. The van der Waals surface area contributed by atoms with Crippen LogP contribution in [-0.2, 0) is 4.74 Å². The Morgan fingerprint density at radius 3 is 2.25 bits per heavy atom.